The van der Waals surface area contributed by atoms with Crippen LogP contribution in [-0.4, -0.2) is 23.3 Å². The van der Waals surface area contributed by atoms with E-state index in [1.165, 1.54) is 0 Å². The summed E-state index contributed by atoms with van der Waals surface area (Å²) >= 11 is 5.93. The summed E-state index contributed by atoms with van der Waals surface area (Å²) < 4.78 is 5.34. The zero-order valence-corrected chi connectivity index (χ0v) is 10.7. The van der Waals surface area contributed by atoms with E-state index in [1.54, 1.807) is 6.07 Å². The standard InChI is InChI=1S/C14H14ClNO2/c15-11-1-2-12-10(7-11)8-13(17)14(16-12)9-3-5-18-6-4-9/h1-2,7-9,17H,3-6H2. The predicted octanol–water partition coefficient (Wildman–Crippen LogP) is 3.49. The van der Waals surface area contributed by atoms with Crippen LogP contribution in [0.2, 0.25) is 5.02 Å². The van der Waals surface area contributed by atoms with Crippen molar-refractivity contribution in [3.05, 3.63) is 35.0 Å². The Bertz CT molecular complexity index is 579. The molecule has 1 fully saturated rings. The number of aromatic hydroxyl groups is 1. The van der Waals surface area contributed by atoms with E-state index in [0.29, 0.717) is 10.9 Å². The minimum atomic E-state index is 0.261. The van der Waals surface area contributed by atoms with Crippen LogP contribution >= 0.6 is 11.6 Å². The second-order valence-electron chi connectivity index (χ2n) is 4.62. The summed E-state index contributed by atoms with van der Waals surface area (Å²) in [5.74, 6) is 0.551. The summed E-state index contributed by atoms with van der Waals surface area (Å²) in [6.45, 7) is 1.48. The van der Waals surface area contributed by atoms with E-state index in [-0.39, 0.29) is 5.75 Å². The summed E-state index contributed by atoms with van der Waals surface area (Å²) in [6.07, 6.45) is 1.83. The fraction of sp³-hybridized carbons (Fsp3) is 0.357. The van der Waals surface area contributed by atoms with E-state index in [0.717, 1.165) is 42.7 Å². The van der Waals surface area contributed by atoms with Crippen LogP contribution in [0, 0.1) is 0 Å². The third kappa shape index (κ3) is 2.16. The van der Waals surface area contributed by atoms with Crippen molar-refractivity contribution in [3.63, 3.8) is 0 Å². The highest BCUT2D eigenvalue weighted by molar-refractivity contribution is 6.31. The Morgan fingerprint density at radius 3 is 2.78 bits per heavy atom. The second kappa shape index (κ2) is 4.75. The average molecular weight is 264 g/mol. The molecule has 2 aromatic rings. The van der Waals surface area contributed by atoms with Crippen LogP contribution in [-0.2, 0) is 4.74 Å². The molecular formula is C14H14ClNO2. The topological polar surface area (TPSA) is 42.4 Å². The van der Waals surface area contributed by atoms with Crippen LogP contribution in [0.5, 0.6) is 5.75 Å². The molecule has 2 heterocycles. The van der Waals surface area contributed by atoms with Crippen molar-refractivity contribution in [3.8, 4) is 5.75 Å². The highest BCUT2D eigenvalue weighted by atomic mass is 35.5. The number of rotatable bonds is 1. The molecule has 0 atom stereocenters. The first kappa shape index (κ1) is 11.8. The third-order valence-electron chi connectivity index (χ3n) is 3.39. The van der Waals surface area contributed by atoms with E-state index in [1.807, 2.05) is 18.2 Å². The van der Waals surface area contributed by atoms with Gasteiger partial charge in [0.15, 0.2) is 0 Å². The summed E-state index contributed by atoms with van der Waals surface area (Å²) in [5, 5.41) is 11.6. The monoisotopic (exact) mass is 263 g/mol. The molecule has 4 heteroatoms. The Balaban J connectivity index is 2.06. The first-order valence-electron chi connectivity index (χ1n) is 6.11. The Hall–Kier alpha value is -1.32. The van der Waals surface area contributed by atoms with Gasteiger partial charge in [0.05, 0.1) is 11.2 Å². The highest BCUT2D eigenvalue weighted by Crippen LogP contribution is 2.34. The van der Waals surface area contributed by atoms with E-state index in [9.17, 15) is 5.11 Å². The lowest BCUT2D eigenvalue weighted by molar-refractivity contribution is 0.0840. The van der Waals surface area contributed by atoms with Gasteiger partial charge in [-0.2, -0.15) is 0 Å². The molecule has 1 aliphatic heterocycles. The fourth-order valence-corrected chi connectivity index (χ4v) is 2.60. The largest absolute Gasteiger partial charge is 0.506 e. The zero-order chi connectivity index (χ0) is 12.5. The van der Waals surface area contributed by atoms with Crippen LogP contribution in [0.25, 0.3) is 10.9 Å². The van der Waals surface area contributed by atoms with Gasteiger partial charge in [0, 0.05) is 29.5 Å². The lowest BCUT2D eigenvalue weighted by Gasteiger charge is -2.22. The summed E-state index contributed by atoms with van der Waals surface area (Å²) in [6, 6.07) is 7.28. The molecule has 94 valence electrons. The van der Waals surface area contributed by atoms with Gasteiger partial charge in [-0.15, -0.1) is 0 Å². The van der Waals surface area contributed by atoms with Gasteiger partial charge in [-0.3, -0.25) is 0 Å². The van der Waals surface area contributed by atoms with Crippen LogP contribution in [0.4, 0.5) is 0 Å². The normalized spacial score (nSPS) is 17.2. The molecule has 1 N–H and O–H groups in total. The number of aromatic nitrogens is 1. The predicted molar refractivity (Wildman–Crippen MR) is 71.2 cm³/mol. The van der Waals surface area contributed by atoms with Crippen molar-refractivity contribution in [2.45, 2.75) is 18.8 Å². The number of pyridine rings is 1. The molecule has 18 heavy (non-hydrogen) atoms. The first-order chi connectivity index (χ1) is 8.74. The Morgan fingerprint density at radius 1 is 1.22 bits per heavy atom. The summed E-state index contributed by atoms with van der Waals surface area (Å²) in [7, 11) is 0. The molecule has 1 aromatic carbocycles. The Morgan fingerprint density at radius 2 is 2.00 bits per heavy atom. The molecule has 0 unspecified atom stereocenters. The van der Waals surface area contributed by atoms with Crippen molar-refractivity contribution in [1.82, 2.24) is 4.98 Å². The van der Waals surface area contributed by atoms with E-state index in [4.69, 9.17) is 16.3 Å². The molecule has 0 bridgehead atoms. The van der Waals surface area contributed by atoms with Crippen molar-refractivity contribution in [1.29, 1.82) is 0 Å². The first-order valence-corrected chi connectivity index (χ1v) is 6.49. The number of hydrogen-bond donors (Lipinski definition) is 1. The van der Waals surface area contributed by atoms with E-state index in [2.05, 4.69) is 4.98 Å². The molecule has 3 nitrogen and oxygen atoms in total. The van der Waals surface area contributed by atoms with Crippen LogP contribution in [0.15, 0.2) is 24.3 Å². The van der Waals surface area contributed by atoms with E-state index < -0.39 is 0 Å². The minimum absolute atomic E-state index is 0.261. The highest BCUT2D eigenvalue weighted by Gasteiger charge is 2.20. The number of nitrogens with zero attached hydrogens (tertiary/aromatic N) is 1. The lowest BCUT2D eigenvalue weighted by Crippen LogP contribution is -2.15. The molecule has 0 saturated carbocycles. The van der Waals surface area contributed by atoms with Crippen molar-refractivity contribution >= 4 is 22.5 Å². The molecule has 1 aliphatic rings. The Labute approximate surface area is 110 Å². The smallest absolute Gasteiger partial charge is 0.138 e. The number of halogens is 1. The second-order valence-corrected chi connectivity index (χ2v) is 5.05. The molecule has 0 spiro atoms. The SMILES string of the molecule is Oc1cc2cc(Cl)ccc2nc1C1CCOCC1. The van der Waals surface area contributed by atoms with Gasteiger partial charge in [-0.05, 0) is 37.1 Å². The van der Waals surface area contributed by atoms with Gasteiger partial charge >= 0.3 is 0 Å². The molecule has 0 amide bonds. The summed E-state index contributed by atoms with van der Waals surface area (Å²) in [4.78, 5) is 4.58. The van der Waals surface area contributed by atoms with Gasteiger partial charge in [0.2, 0.25) is 0 Å². The van der Waals surface area contributed by atoms with Gasteiger partial charge in [0.1, 0.15) is 5.75 Å². The van der Waals surface area contributed by atoms with Crippen molar-refractivity contribution in [2.75, 3.05) is 13.2 Å². The minimum Gasteiger partial charge on any atom is -0.506 e. The molecular weight excluding hydrogens is 250 g/mol. The molecule has 1 aromatic heterocycles. The van der Waals surface area contributed by atoms with Gasteiger partial charge in [-0.1, -0.05) is 11.6 Å². The lowest BCUT2D eigenvalue weighted by atomic mass is 9.95. The molecule has 3 rings (SSSR count). The third-order valence-corrected chi connectivity index (χ3v) is 3.63. The van der Waals surface area contributed by atoms with Crippen LogP contribution in [0.1, 0.15) is 24.5 Å². The van der Waals surface area contributed by atoms with Gasteiger partial charge in [0.25, 0.3) is 0 Å². The molecule has 0 aliphatic carbocycles. The summed E-state index contributed by atoms with van der Waals surface area (Å²) in [5.41, 5.74) is 1.66. The molecule has 1 saturated heterocycles. The van der Waals surface area contributed by atoms with Crippen molar-refractivity contribution in [2.24, 2.45) is 0 Å². The van der Waals surface area contributed by atoms with Gasteiger partial charge < -0.3 is 9.84 Å². The fourth-order valence-electron chi connectivity index (χ4n) is 2.42. The maximum absolute atomic E-state index is 10.1. The molecule has 0 radical (unpaired) electrons. The Kier molecular flexibility index (Phi) is 3.10. The quantitative estimate of drug-likeness (QED) is 0.856. The maximum Gasteiger partial charge on any atom is 0.138 e. The van der Waals surface area contributed by atoms with Crippen LogP contribution in [0.3, 0.4) is 0 Å². The maximum atomic E-state index is 10.1. The number of ether oxygens (including phenoxy) is 1. The zero-order valence-electron chi connectivity index (χ0n) is 9.90. The number of benzene rings is 1. The van der Waals surface area contributed by atoms with Gasteiger partial charge in [-0.25, -0.2) is 4.98 Å². The average Bonchev–Trinajstić information content (AvgIpc) is 2.39. The van der Waals surface area contributed by atoms with E-state index >= 15 is 0 Å². The number of hydrogen-bond acceptors (Lipinski definition) is 3. The number of fused-ring (bicyclic) bond motifs is 1. The van der Waals surface area contributed by atoms with Crippen molar-refractivity contribution < 1.29 is 9.84 Å². The van der Waals surface area contributed by atoms with Crippen LogP contribution < -0.4 is 0 Å².